The second-order valence-corrected chi connectivity index (χ2v) is 3.75. The van der Waals surface area contributed by atoms with Gasteiger partial charge in [-0.25, -0.2) is 0 Å². The molecule has 0 aliphatic rings. The van der Waals surface area contributed by atoms with Crippen LogP contribution in [0.5, 0.6) is 11.5 Å². The van der Waals surface area contributed by atoms with Crippen LogP contribution in [-0.4, -0.2) is 34.1 Å². The van der Waals surface area contributed by atoms with E-state index in [2.05, 4.69) is 5.32 Å². The topological polar surface area (TPSA) is 47.6 Å². The molecule has 0 spiro atoms. The van der Waals surface area contributed by atoms with Gasteiger partial charge in [0.1, 0.15) is 17.8 Å². The zero-order valence-corrected chi connectivity index (χ0v) is 11.0. The fourth-order valence-electron chi connectivity index (χ4n) is 1.62. The van der Waals surface area contributed by atoms with Gasteiger partial charge < -0.3 is 14.8 Å². The first kappa shape index (κ1) is 14.3. The largest absolute Gasteiger partial charge is 0.496 e. The molecule has 1 aromatic rings. The number of carbonyl (C=O) groups is 1. The van der Waals surface area contributed by atoms with Crippen molar-refractivity contribution in [3.8, 4) is 11.5 Å². The predicted molar refractivity (Wildman–Crippen MR) is 72.5 cm³/mol. The molecule has 0 heterocycles. The molecule has 4 heteroatoms. The maximum Gasteiger partial charge on any atom is 0.150 e. The van der Waals surface area contributed by atoms with Crippen LogP contribution in [0.15, 0.2) is 18.2 Å². The van der Waals surface area contributed by atoms with Crippen LogP contribution < -0.4 is 14.8 Å². The zero-order valence-electron chi connectivity index (χ0n) is 11.0. The van der Waals surface area contributed by atoms with Crippen molar-refractivity contribution in [1.29, 1.82) is 0 Å². The van der Waals surface area contributed by atoms with E-state index in [0.29, 0.717) is 17.1 Å². The van der Waals surface area contributed by atoms with E-state index in [1.807, 2.05) is 19.2 Å². The number of hydrogen-bond acceptors (Lipinski definition) is 4. The third-order valence-corrected chi connectivity index (χ3v) is 2.55. The summed E-state index contributed by atoms with van der Waals surface area (Å²) in [5.74, 6) is 1.27. The highest BCUT2D eigenvalue weighted by atomic mass is 16.5. The molecule has 0 aliphatic carbocycles. The molecule has 0 aromatic heterocycles. The van der Waals surface area contributed by atoms with Crippen molar-refractivity contribution in [2.24, 2.45) is 0 Å². The number of methoxy groups -OCH3 is 2. The smallest absolute Gasteiger partial charge is 0.150 e. The summed E-state index contributed by atoms with van der Waals surface area (Å²) in [6.45, 7) is 0.910. The second kappa shape index (κ2) is 7.50. The Morgan fingerprint density at radius 1 is 1.22 bits per heavy atom. The van der Waals surface area contributed by atoms with Gasteiger partial charge >= 0.3 is 0 Å². The first-order chi connectivity index (χ1) is 8.76. The Hall–Kier alpha value is -1.81. The monoisotopic (exact) mass is 249 g/mol. The lowest BCUT2D eigenvalue weighted by atomic mass is 10.1. The summed E-state index contributed by atoms with van der Waals surface area (Å²) >= 11 is 0. The minimum absolute atomic E-state index is 0.538. The SMILES string of the molecule is CNCCC=Cc1c(OC)cc(C=O)cc1OC. The van der Waals surface area contributed by atoms with Crippen molar-refractivity contribution in [2.75, 3.05) is 27.8 Å². The summed E-state index contributed by atoms with van der Waals surface area (Å²) in [6.07, 6.45) is 5.68. The van der Waals surface area contributed by atoms with Gasteiger partial charge in [0, 0.05) is 5.56 Å². The van der Waals surface area contributed by atoms with Crippen molar-refractivity contribution in [3.05, 3.63) is 29.3 Å². The van der Waals surface area contributed by atoms with E-state index in [1.165, 1.54) is 0 Å². The van der Waals surface area contributed by atoms with Gasteiger partial charge in [-0.15, -0.1) is 0 Å². The lowest BCUT2D eigenvalue weighted by Crippen LogP contribution is -2.05. The first-order valence-corrected chi connectivity index (χ1v) is 5.79. The van der Waals surface area contributed by atoms with E-state index >= 15 is 0 Å². The molecule has 4 nitrogen and oxygen atoms in total. The van der Waals surface area contributed by atoms with Crippen LogP contribution in [0, 0.1) is 0 Å². The quantitative estimate of drug-likeness (QED) is 0.594. The van der Waals surface area contributed by atoms with Crippen LogP contribution in [0.2, 0.25) is 0 Å². The first-order valence-electron chi connectivity index (χ1n) is 5.79. The average molecular weight is 249 g/mol. The minimum atomic E-state index is 0.538. The maximum absolute atomic E-state index is 10.8. The van der Waals surface area contributed by atoms with Crippen LogP contribution in [0.4, 0.5) is 0 Å². The number of nitrogens with one attached hydrogen (secondary N) is 1. The number of hydrogen-bond donors (Lipinski definition) is 1. The van der Waals surface area contributed by atoms with Crippen molar-refractivity contribution < 1.29 is 14.3 Å². The fourth-order valence-corrected chi connectivity index (χ4v) is 1.62. The normalized spacial score (nSPS) is 10.6. The Morgan fingerprint density at radius 3 is 2.28 bits per heavy atom. The van der Waals surface area contributed by atoms with Crippen molar-refractivity contribution in [1.82, 2.24) is 5.32 Å². The van der Waals surface area contributed by atoms with E-state index in [-0.39, 0.29) is 0 Å². The Labute approximate surface area is 108 Å². The molecule has 0 unspecified atom stereocenters. The number of carbonyl (C=O) groups excluding carboxylic acids is 1. The number of aldehydes is 1. The van der Waals surface area contributed by atoms with Gasteiger partial charge in [0.25, 0.3) is 0 Å². The van der Waals surface area contributed by atoms with E-state index in [9.17, 15) is 4.79 Å². The van der Waals surface area contributed by atoms with Crippen LogP contribution in [0.3, 0.4) is 0 Å². The lowest BCUT2D eigenvalue weighted by Gasteiger charge is -2.11. The molecule has 0 radical (unpaired) electrons. The molecule has 1 N–H and O–H groups in total. The van der Waals surface area contributed by atoms with Gasteiger partial charge in [-0.2, -0.15) is 0 Å². The maximum atomic E-state index is 10.8. The van der Waals surface area contributed by atoms with E-state index < -0.39 is 0 Å². The molecule has 0 atom stereocenters. The molecular weight excluding hydrogens is 230 g/mol. The minimum Gasteiger partial charge on any atom is -0.496 e. The predicted octanol–water partition coefficient (Wildman–Crippen LogP) is 2.14. The van der Waals surface area contributed by atoms with Gasteiger partial charge in [0.15, 0.2) is 0 Å². The Balaban J connectivity index is 3.06. The zero-order chi connectivity index (χ0) is 13.4. The summed E-state index contributed by atoms with van der Waals surface area (Å²) in [5, 5.41) is 3.07. The summed E-state index contributed by atoms with van der Waals surface area (Å²) in [4.78, 5) is 10.8. The Bertz CT molecular complexity index is 402. The summed E-state index contributed by atoms with van der Waals surface area (Å²) in [6, 6.07) is 3.40. The van der Waals surface area contributed by atoms with Crippen LogP contribution in [0.25, 0.3) is 6.08 Å². The average Bonchev–Trinajstić information content (AvgIpc) is 2.42. The van der Waals surface area contributed by atoms with Gasteiger partial charge in [0.05, 0.1) is 19.8 Å². The molecular formula is C14H19NO3. The molecule has 0 amide bonds. The molecule has 0 saturated carbocycles. The molecule has 18 heavy (non-hydrogen) atoms. The Kier molecular flexibility index (Phi) is 5.94. The lowest BCUT2D eigenvalue weighted by molar-refractivity contribution is 0.112. The standard InChI is InChI=1S/C14H19NO3/c1-15-7-5-4-6-12-13(17-2)8-11(10-16)9-14(12)18-3/h4,6,8-10,15H,5,7H2,1-3H3. The van der Waals surface area contributed by atoms with E-state index in [0.717, 1.165) is 24.8 Å². The summed E-state index contributed by atoms with van der Waals surface area (Å²) < 4.78 is 10.6. The Morgan fingerprint density at radius 2 is 1.83 bits per heavy atom. The molecule has 0 bridgehead atoms. The van der Waals surface area contributed by atoms with Gasteiger partial charge in [-0.05, 0) is 32.1 Å². The fraction of sp³-hybridized carbons (Fsp3) is 0.357. The molecule has 1 rings (SSSR count). The highest BCUT2D eigenvalue weighted by Crippen LogP contribution is 2.31. The number of rotatable bonds is 7. The highest BCUT2D eigenvalue weighted by molar-refractivity contribution is 5.79. The van der Waals surface area contributed by atoms with Crippen molar-refractivity contribution in [3.63, 3.8) is 0 Å². The van der Waals surface area contributed by atoms with E-state index in [1.54, 1.807) is 26.4 Å². The van der Waals surface area contributed by atoms with Crippen LogP contribution in [0.1, 0.15) is 22.3 Å². The second-order valence-electron chi connectivity index (χ2n) is 3.75. The molecule has 0 fully saturated rings. The molecule has 98 valence electrons. The van der Waals surface area contributed by atoms with Crippen LogP contribution >= 0.6 is 0 Å². The molecule has 0 saturated heterocycles. The van der Waals surface area contributed by atoms with Gasteiger partial charge in [-0.1, -0.05) is 12.2 Å². The van der Waals surface area contributed by atoms with Crippen molar-refractivity contribution in [2.45, 2.75) is 6.42 Å². The third-order valence-electron chi connectivity index (χ3n) is 2.55. The number of ether oxygens (including phenoxy) is 2. The number of benzene rings is 1. The van der Waals surface area contributed by atoms with Crippen molar-refractivity contribution >= 4 is 12.4 Å². The molecule has 0 aliphatic heterocycles. The van der Waals surface area contributed by atoms with Crippen LogP contribution in [-0.2, 0) is 0 Å². The third kappa shape index (κ3) is 3.60. The summed E-state index contributed by atoms with van der Waals surface area (Å²) in [7, 11) is 5.07. The highest BCUT2D eigenvalue weighted by Gasteiger charge is 2.09. The van der Waals surface area contributed by atoms with E-state index in [4.69, 9.17) is 9.47 Å². The summed E-state index contributed by atoms with van der Waals surface area (Å²) in [5.41, 5.74) is 1.39. The van der Waals surface area contributed by atoms with Gasteiger partial charge in [-0.3, -0.25) is 4.79 Å². The molecule has 1 aromatic carbocycles. The van der Waals surface area contributed by atoms with Gasteiger partial charge in [0.2, 0.25) is 0 Å².